The molecule has 1 aliphatic carbocycles. The summed E-state index contributed by atoms with van der Waals surface area (Å²) in [5, 5.41) is 5.56. The zero-order valence-electron chi connectivity index (χ0n) is 8.80. The fourth-order valence-corrected chi connectivity index (χ4v) is 3.43. The van der Waals surface area contributed by atoms with Crippen molar-refractivity contribution in [2.75, 3.05) is 7.05 Å². The van der Waals surface area contributed by atoms with Crippen LogP contribution in [0.3, 0.4) is 0 Å². The predicted octanol–water partition coefficient (Wildman–Crippen LogP) is 3.50. The molecule has 0 bridgehead atoms. The molecule has 0 aromatic carbocycles. The Balaban J connectivity index is 2.16. The molecule has 0 radical (unpaired) electrons. The van der Waals surface area contributed by atoms with E-state index in [0.717, 1.165) is 4.34 Å². The summed E-state index contributed by atoms with van der Waals surface area (Å²) < 4.78 is 0.906. The Kier molecular flexibility index (Phi) is 2.63. The van der Waals surface area contributed by atoms with Crippen molar-refractivity contribution in [2.45, 2.75) is 32.2 Å². The molecule has 3 heteroatoms. The van der Waals surface area contributed by atoms with Gasteiger partial charge in [0, 0.05) is 6.04 Å². The molecule has 78 valence electrons. The first kappa shape index (κ1) is 10.5. The zero-order chi connectivity index (χ0) is 10.3. The number of hydrogen-bond donors (Lipinski definition) is 1. The summed E-state index contributed by atoms with van der Waals surface area (Å²) in [5.74, 6) is 0.670. The molecule has 0 spiro atoms. The van der Waals surface area contributed by atoms with Gasteiger partial charge in [0.25, 0.3) is 0 Å². The molecule has 2 rings (SSSR count). The zero-order valence-corrected chi connectivity index (χ0v) is 10.4. The molecular weight excluding hydrogens is 214 g/mol. The highest BCUT2D eigenvalue weighted by atomic mass is 35.5. The molecule has 1 fully saturated rings. The van der Waals surface area contributed by atoms with Gasteiger partial charge in [0.05, 0.1) is 4.34 Å². The molecule has 1 saturated carbocycles. The van der Waals surface area contributed by atoms with Crippen molar-refractivity contribution in [2.24, 2.45) is 5.41 Å². The van der Waals surface area contributed by atoms with Gasteiger partial charge >= 0.3 is 0 Å². The van der Waals surface area contributed by atoms with E-state index >= 15 is 0 Å². The van der Waals surface area contributed by atoms with Crippen LogP contribution < -0.4 is 5.32 Å². The molecule has 0 aliphatic heterocycles. The summed E-state index contributed by atoms with van der Waals surface area (Å²) in [6.45, 7) is 4.65. The fourth-order valence-electron chi connectivity index (χ4n) is 2.49. The SMILES string of the molecule is CNC1CC(c2csc(Cl)c2)C1(C)C. The minimum absolute atomic E-state index is 0.360. The van der Waals surface area contributed by atoms with E-state index in [9.17, 15) is 0 Å². The van der Waals surface area contributed by atoms with Gasteiger partial charge in [0.15, 0.2) is 0 Å². The molecule has 1 aromatic heterocycles. The first-order chi connectivity index (χ1) is 6.55. The Morgan fingerprint density at radius 1 is 1.57 bits per heavy atom. The van der Waals surface area contributed by atoms with Crippen molar-refractivity contribution in [3.05, 3.63) is 21.3 Å². The predicted molar refractivity (Wildman–Crippen MR) is 63.3 cm³/mol. The van der Waals surface area contributed by atoms with E-state index in [1.165, 1.54) is 12.0 Å². The molecule has 0 amide bonds. The maximum absolute atomic E-state index is 5.95. The van der Waals surface area contributed by atoms with Gasteiger partial charge in [-0.05, 0) is 41.8 Å². The van der Waals surface area contributed by atoms with E-state index in [-0.39, 0.29) is 0 Å². The summed E-state index contributed by atoms with van der Waals surface area (Å²) in [7, 11) is 2.04. The maximum atomic E-state index is 5.95. The van der Waals surface area contributed by atoms with Crippen LogP contribution in [0.2, 0.25) is 4.34 Å². The van der Waals surface area contributed by atoms with Crippen LogP contribution in [0.15, 0.2) is 11.4 Å². The van der Waals surface area contributed by atoms with Gasteiger partial charge in [-0.3, -0.25) is 0 Å². The summed E-state index contributed by atoms with van der Waals surface area (Å²) in [6, 6.07) is 2.76. The second-order valence-electron chi connectivity index (χ2n) is 4.64. The van der Waals surface area contributed by atoms with Crippen LogP contribution in [0.4, 0.5) is 0 Å². The van der Waals surface area contributed by atoms with Crippen LogP contribution in [-0.2, 0) is 0 Å². The summed E-state index contributed by atoms with van der Waals surface area (Å²) in [6.07, 6.45) is 1.23. The van der Waals surface area contributed by atoms with Crippen molar-refractivity contribution in [1.82, 2.24) is 5.32 Å². The van der Waals surface area contributed by atoms with Crippen molar-refractivity contribution < 1.29 is 0 Å². The first-order valence-corrected chi connectivity index (χ1v) is 6.22. The van der Waals surface area contributed by atoms with Crippen molar-refractivity contribution >= 4 is 22.9 Å². The molecule has 2 atom stereocenters. The summed E-state index contributed by atoms with van der Waals surface area (Å²) in [5.41, 5.74) is 1.77. The molecule has 2 unspecified atom stereocenters. The maximum Gasteiger partial charge on any atom is 0.0931 e. The molecule has 1 aromatic rings. The lowest BCUT2D eigenvalue weighted by atomic mass is 9.57. The number of thiophene rings is 1. The molecule has 1 nitrogen and oxygen atoms in total. The monoisotopic (exact) mass is 229 g/mol. The number of nitrogens with one attached hydrogen (secondary N) is 1. The van der Waals surface area contributed by atoms with E-state index in [1.807, 2.05) is 7.05 Å². The van der Waals surface area contributed by atoms with Crippen molar-refractivity contribution in [3.63, 3.8) is 0 Å². The van der Waals surface area contributed by atoms with Gasteiger partial charge in [-0.2, -0.15) is 0 Å². The molecule has 14 heavy (non-hydrogen) atoms. The van der Waals surface area contributed by atoms with E-state index in [1.54, 1.807) is 11.3 Å². The van der Waals surface area contributed by atoms with Gasteiger partial charge < -0.3 is 5.32 Å². The van der Waals surface area contributed by atoms with Crippen molar-refractivity contribution in [3.8, 4) is 0 Å². The minimum Gasteiger partial charge on any atom is -0.316 e. The number of halogens is 1. The molecular formula is C11H16ClNS. The second kappa shape index (κ2) is 3.51. The van der Waals surface area contributed by atoms with E-state index in [2.05, 4.69) is 30.6 Å². The topological polar surface area (TPSA) is 12.0 Å². The van der Waals surface area contributed by atoms with Crippen LogP contribution in [0.1, 0.15) is 31.7 Å². The third-order valence-corrected chi connectivity index (χ3v) is 4.72. The quantitative estimate of drug-likeness (QED) is 0.819. The van der Waals surface area contributed by atoms with E-state index in [4.69, 9.17) is 11.6 Å². The van der Waals surface area contributed by atoms with Gasteiger partial charge in [0.2, 0.25) is 0 Å². The second-order valence-corrected chi connectivity index (χ2v) is 6.18. The largest absolute Gasteiger partial charge is 0.316 e. The third kappa shape index (κ3) is 1.50. The van der Waals surface area contributed by atoms with Crippen LogP contribution in [-0.4, -0.2) is 13.1 Å². The van der Waals surface area contributed by atoms with Crippen LogP contribution >= 0.6 is 22.9 Å². The average molecular weight is 230 g/mol. The van der Waals surface area contributed by atoms with E-state index in [0.29, 0.717) is 17.4 Å². The Morgan fingerprint density at radius 2 is 2.29 bits per heavy atom. The van der Waals surface area contributed by atoms with Gasteiger partial charge in [-0.25, -0.2) is 0 Å². The Morgan fingerprint density at radius 3 is 2.71 bits per heavy atom. The van der Waals surface area contributed by atoms with E-state index < -0.39 is 0 Å². The molecule has 1 heterocycles. The minimum atomic E-state index is 0.360. The molecule has 1 aliphatic rings. The van der Waals surface area contributed by atoms with Gasteiger partial charge in [-0.1, -0.05) is 25.4 Å². The third-order valence-electron chi connectivity index (χ3n) is 3.61. The van der Waals surface area contributed by atoms with Crippen molar-refractivity contribution in [1.29, 1.82) is 0 Å². The Hall–Kier alpha value is -0.0500. The molecule has 1 N–H and O–H groups in total. The highest BCUT2D eigenvalue weighted by Gasteiger charge is 2.47. The normalized spacial score (nSPS) is 30.0. The van der Waals surface area contributed by atoms with Gasteiger partial charge in [-0.15, -0.1) is 11.3 Å². The standard InChI is InChI=1S/C11H16ClNS/c1-11(2)8(5-9(11)13-3)7-4-10(12)14-6-7/h4,6,8-9,13H,5H2,1-3H3. The smallest absolute Gasteiger partial charge is 0.0931 e. The van der Waals surface area contributed by atoms with Gasteiger partial charge in [0.1, 0.15) is 0 Å². The number of rotatable bonds is 2. The van der Waals surface area contributed by atoms with Crippen LogP contribution in [0.5, 0.6) is 0 Å². The highest BCUT2D eigenvalue weighted by Crippen LogP contribution is 2.53. The first-order valence-electron chi connectivity index (χ1n) is 4.97. The fraction of sp³-hybridized carbons (Fsp3) is 0.636. The summed E-state index contributed by atoms with van der Waals surface area (Å²) >= 11 is 7.59. The number of hydrogen-bond acceptors (Lipinski definition) is 2. The lowest BCUT2D eigenvalue weighted by molar-refractivity contribution is 0.0754. The van der Waals surface area contributed by atoms with Crippen LogP contribution in [0, 0.1) is 5.41 Å². The molecule has 0 saturated heterocycles. The lowest BCUT2D eigenvalue weighted by Gasteiger charge is -2.52. The Labute approximate surface area is 94.5 Å². The summed E-state index contributed by atoms with van der Waals surface area (Å²) in [4.78, 5) is 0. The lowest BCUT2D eigenvalue weighted by Crippen LogP contribution is -2.54. The highest BCUT2D eigenvalue weighted by molar-refractivity contribution is 7.14. The Bertz CT molecular complexity index is 332. The van der Waals surface area contributed by atoms with Crippen LogP contribution in [0.25, 0.3) is 0 Å². The average Bonchev–Trinajstić information content (AvgIpc) is 2.51.